The molecular weight excluding hydrogens is 428 g/mol. The Labute approximate surface area is 176 Å². The molecule has 2 aromatic carbocycles. The van der Waals surface area contributed by atoms with Crippen LogP contribution in [0.4, 0.5) is 10.8 Å². The van der Waals surface area contributed by atoms with Crippen molar-refractivity contribution in [3.63, 3.8) is 0 Å². The minimum atomic E-state index is -4.04. The van der Waals surface area contributed by atoms with Crippen molar-refractivity contribution < 1.29 is 22.7 Å². The lowest BCUT2D eigenvalue weighted by Crippen LogP contribution is -2.29. The predicted octanol–water partition coefficient (Wildman–Crippen LogP) is 2.67. The fourth-order valence-corrected chi connectivity index (χ4v) is 4.99. The Morgan fingerprint density at radius 1 is 1.03 bits per heavy atom. The van der Waals surface area contributed by atoms with Gasteiger partial charge in [-0.2, -0.15) is 0 Å². The maximum absolute atomic E-state index is 12.9. The number of nitrogens with one attached hydrogen (secondary N) is 1. The maximum Gasteiger partial charge on any atom is 0.263 e. The van der Waals surface area contributed by atoms with Crippen LogP contribution in [0.5, 0.6) is 5.75 Å². The number of amides is 2. The van der Waals surface area contributed by atoms with E-state index in [1.165, 1.54) is 25.3 Å². The van der Waals surface area contributed by atoms with Gasteiger partial charge in [0.1, 0.15) is 10.8 Å². The van der Waals surface area contributed by atoms with Crippen molar-refractivity contribution in [2.24, 2.45) is 0 Å². The summed E-state index contributed by atoms with van der Waals surface area (Å²) < 4.78 is 33.4. The number of methoxy groups -OCH3 is 1. The molecule has 1 fully saturated rings. The third kappa shape index (κ3) is 3.76. The molecule has 0 bridgehead atoms. The van der Waals surface area contributed by atoms with Crippen molar-refractivity contribution in [1.29, 1.82) is 0 Å². The van der Waals surface area contributed by atoms with Crippen molar-refractivity contribution in [2.45, 2.75) is 17.7 Å². The van der Waals surface area contributed by atoms with Crippen LogP contribution in [0.3, 0.4) is 0 Å². The van der Waals surface area contributed by atoms with Crippen LogP contribution in [0.1, 0.15) is 12.8 Å². The quantitative estimate of drug-likeness (QED) is 0.581. The second kappa shape index (κ2) is 7.84. The molecule has 0 saturated carbocycles. The zero-order valence-corrected chi connectivity index (χ0v) is 17.4. The van der Waals surface area contributed by atoms with E-state index in [0.717, 1.165) is 21.8 Å². The summed E-state index contributed by atoms with van der Waals surface area (Å²) in [5, 5.41) is 8.58. The van der Waals surface area contributed by atoms with E-state index in [1.807, 2.05) is 30.3 Å². The zero-order chi connectivity index (χ0) is 21.3. The van der Waals surface area contributed by atoms with Gasteiger partial charge in [0.2, 0.25) is 16.9 Å². The molecule has 1 N–H and O–H groups in total. The largest absolute Gasteiger partial charge is 0.495 e. The Balaban J connectivity index is 1.65. The second-order valence-electron chi connectivity index (χ2n) is 6.34. The van der Waals surface area contributed by atoms with Gasteiger partial charge in [-0.1, -0.05) is 41.7 Å². The molecule has 0 spiro atoms. The Morgan fingerprint density at radius 3 is 2.40 bits per heavy atom. The number of imide groups is 1. The van der Waals surface area contributed by atoms with Gasteiger partial charge >= 0.3 is 0 Å². The highest BCUT2D eigenvalue weighted by Gasteiger charge is 2.33. The summed E-state index contributed by atoms with van der Waals surface area (Å²) in [6, 6.07) is 13.2. The molecule has 2 heterocycles. The Bertz CT molecular complexity index is 1210. The lowest BCUT2D eigenvalue weighted by Gasteiger charge is -2.18. The summed E-state index contributed by atoms with van der Waals surface area (Å²) in [5.74, 6) is -0.588. The molecule has 4 rings (SSSR count). The first kappa shape index (κ1) is 20.0. The van der Waals surface area contributed by atoms with Crippen molar-refractivity contribution >= 4 is 44.0 Å². The minimum absolute atomic E-state index is 0.0737. The Morgan fingerprint density at radius 2 is 1.73 bits per heavy atom. The molecule has 1 saturated heterocycles. The molecule has 1 aromatic heterocycles. The van der Waals surface area contributed by atoms with Crippen LogP contribution in [0, 0.1) is 0 Å². The van der Waals surface area contributed by atoms with Crippen molar-refractivity contribution in [1.82, 2.24) is 10.2 Å². The summed E-state index contributed by atoms with van der Waals surface area (Å²) >= 11 is 1.09. The number of hydrogen-bond acceptors (Lipinski definition) is 8. The standard InChI is InChI=1S/C19H16N4O5S2/c1-28-15-8-7-13(11-14(15)23-16(24)9-10-17(23)25)30(26,27)22-19-21-20-18(29-19)12-5-3-2-4-6-12/h2-8,11H,9-10H2,1H3,(H,21,22). The first-order chi connectivity index (χ1) is 14.4. The molecular formula is C19H16N4O5S2. The van der Waals surface area contributed by atoms with Crippen LogP contribution in [0.25, 0.3) is 10.6 Å². The summed E-state index contributed by atoms with van der Waals surface area (Å²) in [5.41, 5.74) is 0.911. The van der Waals surface area contributed by atoms with Crippen molar-refractivity contribution in [3.8, 4) is 16.3 Å². The van der Waals surface area contributed by atoms with Gasteiger partial charge in [-0.3, -0.25) is 14.3 Å². The monoisotopic (exact) mass is 444 g/mol. The number of benzene rings is 2. The van der Waals surface area contributed by atoms with Gasteiger partial charge in [-0.05, 0) is 18.2 Å². The first-order valence-corrected chi connectivity index (χ1v) is 11.1. The van der Waals surface area contributed by atoms with Crippen molar-refractivity contribution in [3.05, 3.63) is 48.5 Å². The number of anilines is 2. The number of sulfonamides is 1. The Hall–Kier alpha value is -3.31. The van der Waals surface area contributed by atoms with E-state index in [9.17, 15) is 18.0 Å². The molecule has 0 radical (unpaired) electrons. The lowest BCUT2D eigenvalue weighted by atomic mass is 10.2. The topological polar surface area (TPSA) is 119 Å². The molecule has 3 aromatic rings. The first-order valence-electron chi connectivity index (χ1n) is 8.84. The molecule has 0 aliphatic carbocycles. The number of aromatic nitrogens is 2. The van der Waals surface area contributed by atoms with Gasteiger partial charge in [-0.25, -0.2) is 13.3 Å². The molecule has 1 aliphatic rings. The normalized spacial score (nSPS) is 14.2. The molecule has 0 unspecified atom stereocenters. The van der Waals surface area contributed by atoms with E-state index in [1.54, 1.807) is 0 Å². The number of ether oxygens (including phenoxy) is 1. The fourth-order valence-electron chi connectivity index (χ4n) is 2.99. The third-order valence-electron chi connectivity index (χ3n) is 4.42. The molecule has 9 nitrogen and oxygen atoms in total. The van der Waals surface area contributed by atoms with Crippen LogP contribution in [-0.4, -0.2) is 37.5 Å². The van der Waals surface area contributed by atoms with Crippen molar-refractivity contribution in [2.75, 3.05) is 16.7 Å². The van der Waals surface area contributed by atoms with E-state index in [0.29, 0.717) is 5.01 Å². The molecule has 1 aliphatic heterocycles. The van der Waals surface area contributed by atoms with Crippen LogP contribution >= 0.6 is 11.3 Å². The Kier molecular flexibility index (Phi) is 5.22. The van der Waals surface area contributed by atoms with Crippen LogP contribution < -0.4 is 14.4 Å². The van der Waals surface area contributed by atoms with Gasteiger partial charge in [0, 0.05) is 18.4 Å². The van der Waals surface area contributed by atoms with E-state index >= 15 is 0 Å². The smallest absolute Gasteiger partial charge is 0.263 e. The second-order valence-corrected chi connectivity index (χ2v) is 9.00. The highest BCUT2D eigenvalue weighted by atomic mass is 32.2. The van der Waals surface area contributed by atoms with Gasteiger partial charge in [0.25, 0.3) is 10.0 Å². The molecule has 154 valence electrons. The number of nitrogens with zero attached hydrogens (tertiary/aromatic N) is 3. The number of rotatable bonds is 6. The SMILES string of the molecule is COc1ccc(S(=O)(=O)Nc2nnc(-c3ccccc3)s2)cc1N1C(=O)CCC1=O. The van der Waals surface area contributed by atoms with Crippen LogP contribution in [0.15, 0.2) is 53.4 Å². The summed E-state index contributed by atoms with van der Waals surface area (Å²) in [4.78, 5) is 25.0. The highest BCUT2D eigenvalue weighted by Crippen LogP contribution is 2.35. The predicted molar refractivity (Wildman–Crippen MR) is 111 cm³/mol. The summed E-state index contributed by atoms with van der Waals surface area (Å²) in [6.07, 6.45) is 0.147. The van der Waals surface area contributed by atoms with Gasteiger partial charge in [0.15, 0.2) is 0 Å². The average Bonchev–Trinajstić information content (AvgIpc) is 3.34. The van der Waals surface area contributed by atoms with E-state index in [-0.39, 0.29) is 34.3 Å². The molecule has 30 heavy (non-hydrogen) atoms. The summed E-state index contributed by atoms with van der Waals surface area (Å²) in [6.45, 7) is 0. The van der Waals surface area contributed by atoms with Gasteiger partial charge < -0.3 is 4.74 Å². The van der Waals surface area contributed by atoms with E-state index in [4.69, 9.17) is 4.74 Å². The lowest BCUT2D eigenvalue weighted by molar-refractivity contribution is -0.121. The third-order valence-corrected chi connectivity index (χ3v) is 6.77. The minimum Gasteiger partial charge on any atom is -0.495 e. The molecule has 11 heteroatoms. The number of hydrogen-bond donors (Lipinski definition) is 1. The zero-order valence-electron chi connectivity index (χ0n) is 15.7. The van der Waals surface area contributed by atoms with E-state index in [2.05, 4.69) is 14.9 Å². The van der Waals surface area contributed by atoms with Crippen LogP contribution in [0.2, 0.25) is 0 Å². The number of carbonyl (C=O) groups excluding carboxylic acids is 2. The van der Waals surface area contributed by atoms with Gasteiger partial charge in [-0.15, -0.1) is 10.2 Å². The molecule has 2 amide bonds. The summed E-state index contributed by atoms with van der Waals surface area (Å²) in [7, 11) is -2.66. The molecule has 0 atom stereocenters. The number of carbonyl (C=O) groups is 2. The maximum atomic E-state index is 12.9. The average molecular weight is 444 g/mol. The van der Waals surface area contributed by atoms with Gasteiger partial charge in [0.05, 0.1) is 17.7 Å². The van der Waals surface area contributed by atoms with E-state index < -0.39 is 21.8 Å². The highest BCUT2D eigenvalue weighted by molar-refractivity contribution is 7.93. The van der Waals surface area contributed by atoms with Crippen LogP contribution in [-0.2, 0) is 19.6 Å². The fraction of sp³-hybridized carbons (Fsp3) is 0.158.